The van der Waals surface area contributed by atoms with Gasteiger partial charge in [-0.25, -0.2) is 19.0 Å². The maximum absolute atomic E-state index is 11.7. The smallest absolute Gasteiger partial charge is 0.353 e. The third-order valence-electron chi connectivity index (χ3n) is 4.80. The van der Waals surface area contributed by atoms with Crippen molar-refractivity contribution in [2.75, 3.05) is 6.61 Å². The molecular weight excluding hydrogens is 461 g/mol. The lowest BCUT2D eigenvalue weighted by molar-refractivity contribution is -0.386. The summed E-state index contributed by atoms with van der Waals surface area (Å²) in [6, 6.07) is 1.82. The minimum Gasteiger partial charge on any atom is -0.472 e. The Hall–Kier alpha value is -3.25. The van der Waals surface area contributed by atoms with Gasteiger partial charge >= 0.3 is 11.6 Å². The zero-order chi connectivity index (χ0) is 23.0. The predicted octanol–water partition coefficient (Wildman–Crippen LogP) is 3.53. The van der Waals surface area contributed by atoms with Gasteiger partial charge in [-0.15, -0.1) is 5.10 Å². The van der Waals surface area contributed by atoms with Crippen LogP contribution in [0.4, 0.5) is 5.69 Å². The van der Waals surface area contributed by atoms with Crippen LogP contribution in [0.5, 0.6) is 5.88 Å². The van der Waals surface area contributed by atoms with Gasteiger partial charge in [-0.2, -0.15) is 15.2 Å². The van der Waals surface area contributed by atoms with Crippen molar-refractivity contribution in [1.82, 2.24) is 39.3 Å². The molecule has 0 saturated carbocycles. The molecule has 168 valence electrons. The van der Waals surface area contributed by atoms with Gasteiger partial charge in [0.1, 0.15) is 5.69 Å². The maximum atomic E-state index is 11.7. The monoisotopic (exact) mass is 479 g/mol. The fourth-order valence-corrected chi connectivity index (χ4v) is 3.73. The van der Waals surface area contributed by atoms with Crippen LogP contribution in [0.3, 0.4) is 0 Å². The molecule has 0 spiro atoms. The number of aromatic nitrogens is 8. The van der Waals surface area contributed by atoms with Crippen LogP contribution in [0.2, 0.25) is 10.4 Å². The molecule has 12 nitrogen and oxygen atoms in total. The summed E-state index contributed by atoms with van der Waals surface area (Å²) < 4.78 is 10.5. The number of ether oxygens (including phenoxy) is 1. The Labute approximate surface area is 191 Å². The Morgan fingerprint density at radius 2 is 1.97 bits per heavy atom. The normalized spacial score (nSPS) is 11.4. The highest BCUT2D eigenvalue weighted by atomic mass is 35.5. The summed E-state index contributed by atoms with van der Waals surface area (Å²) in [7, 11) is 0. The van der Waals surface area contributed by atoms with E-state index in [2.05, 4.69) is 25.3 Å². The summed E-state index contributed by atoms with van der Waals surface area (Å²) in [5.74, 6) is 0.581. The van der Waals surface area contributed by atoms with Crippen molar-refractivity contribution in [3.05, 3.63) is 44.2 Å². The van der Waals surface area contributed by atoms with E-state index in [0.29, 0.717) is 42.1 Å². The van der Waals surface area contributed by atoms with Crippen molar-refractivity contribution in [2.24, 2.45) is 0 Å². The lowest BCUT2D eigenvalue weighted by Gasteiger charge is -2.05. The van der Waals surface area contributed by atoms with E-state index in [0.717, 1.165) is 5.69 Å². The number of fused-ring (bicyclic) bond motifs is 1. The summed E-state index contributed by atoms with van der Waals surface area (Å²) >= 11 is 12.0. The first kappa shape index (κ1) is 22.0. The van der Waals surface area contributed by atoms with Crippen LogP contribution in [0.1, 0.15) is 24.7 Å². The van der Waals surface area contributed by atoms with Crippen molar-refractivity contribution in [3.8, 4) is 11.7 Å². The summed E-state index contributed by atoms with van der Waals surface area (Å²) in [5.41, 5.74) is 1.47. The van der Waals surface area contributed by atoms with Crippen molar-refractivity contribution >= 4 is 39.9 Å². The van der Waals surface area contributed by atoms with Crippen LogP contribution in [-0.2, 0) is 13.1 Å². The Balaban J connectivity index is 1.52. The average molecular weight is 480 g/mol. The number of halogens is 2. The zero-order valence-corrected chi connectivity index (χ0v) is 19.0. The quantitative estimate of drug-likeness (QED) is 0.162. The number of nitro groups is 1. The summed E-state index contributed by atoms with van der Waals surface area (Å²) in [4.78, 5) is 19.2. The van der Waals surface area contributed by atoms with Crippen LogP contribution < -0.4 is 4.74 Å². The van der Waals surface area contributed by atoms with Crippen LogP contribution in [0, 0.1) is 24.0 Å². The molecular formula is C18H19Cl2N9O3. The fourth-order valence-electron chi connectivity index (χ4n) is 3.37. The van der Waals surface area contributed by atoms with E-state index >= 15 is 0 Å². The van der Waals surface area contributed by atoms with E-state index in [1.165, 1.54) is 10.9 Å². The van der Waals surface area contributed by atoms with Gasteiger partial charge in [0, 0.05) is 31.8 Å². The Bertz CT molecular complexity index is 1310. The lowest BCUT2D eigenvalue weighted by Crippen LogP contribution is -2.09. The molecule has 0 atom stereocenters. The van der Waals surface area contributed by atoms with Gasteiger partial charge in [-0.1, -0.05) is 11.6 Å². The number of rotatable bonds is 8. The second-order valence-corrected chi connectivity index (χ2v) is 7.66. The zero-order valence-electron chi connectivity index (χ0n) is 17.5. The molecule has 0 N–H and O–H groups in total. The molecule has 0 bridgehead atoms. The van der Waals surface area contributed by atoms with E-state index in [9.17, 15) is 10.1 Å². The first-order valence-electron chi connectivity index (χ1n) is 9.76. The van der Waals surface area contributed by atoms with Crippen LogP contribution in [0.25, 0.3) is 16.9 Å². The molecule has 0 unspecified atom stereocenters. The standard InChI is InChI=1S/C18H19Cl2N9O3/c1-4-26-13(8-10(2)23-26)28-11(3)14(29(30)31)17(25-28)32-7-5-6-27-16-12(15(19)24-27)9-21-18(20)22-16/h8-9H,4-7H2,1-3H3. The highest BCUT2D eigenvalue weighted by Gasteiger charge is 2.28. The molecule has 0 amide bonds. The van der Waals surface area contributed by atoms with Gasteiger partial charge in [0.15, 0.2) is 16.6 Å². The first-order valence-corrected chi connectivity index (χ1v) is 10.5. The van der Waals surface area contributed by atoms with Crippen molar-refractivity contribution in [3.63, 3.8) is 0 Å². The Morgan fingerprint density at radius 1 is 1.19 bits per heavy atom. The second-order valence-electron chi connectivity index (χ2n) is 6.96. The average Bonchev–Trinajstić information content (AvgIpc) is 3.38. The summed E-state index contributed by atoms with van der Waals surface area (Å²) in [5, 5.41) is 25.6. The number of nitrogens with zero attached hydrogens (tertiary/aromatic N) is 9. The van der Waals surface area contributed by atoms with Crippen LogP contribution >= 0.6 is 23.2 Å². The molecule has 4 aromatic heterocycles. The minimum absolute atomic E-state index is 0.0530. The largest absolute Gasteiger partial charge is 0.472 e. The SMILES string of the molecule is CCn1nc(C)cc1-n1nc(OCCCn2nc(Cl)c3cnc(Cl)nc32)c([N+](=O)[O-])c1C. The molecule has 4 heterocycles. The first-order chi connectivity index (χ1) is 15.3. The molecule has 0 aliphatic carbocycles. The lowest BCUT2D eigenvalue weighted by atomic mass is 10.4. The molecule has 32 heavy (non-hydrogen) atoms. The van der Waals surface area contributed by atoms with E-state index < -0.39 is 4.92 Å². The van der Waals surface area contributed by atoms with Crippen LogP contribution in [-0.4, -0.2) is 50.8 Å². The van der Waals surface area contributed by atoms with E-state index in [1.54, 1.807) is 16.3 Å². The number of hydrogen-bond acceptors (Lipinski definition) is 8. The van der Waals surface area contributed by atoms with Gasteiger partial charge in [0.05, 0.1) is 22.6 Å². The van der Waals surface area contributed by atoms with Crippen molar-refractivity contribution < 1.29 is 9.66 Å². The molecule has 0 radical (unpaired) electrons. The predicted molar refractivity (Wildman–Crippen MR) is 117 cm³/mol. The van der Waals surface area contributed by atoms with Gasteiger partial charge in [0.25, 0.3) is 0 Å². The number of hydrogen-bond donors (Lipinski definition) is 0. The molecule has 0 aliphatic rings. The minimum atomic E-state index is -0.493. The molecule has 4 rings (SSSR count). The van der Waals surface area contributed by atoms with Gasteiger partial charge < -0.3 is 4.74 Å². The van der Waals surface area contributed by atoms with Gasteiger partial charge in [-0.05, 0) is 32.4 Å². The highest BCUT2D eigenvalue weighted by Crippen LogP contribution is 2.32. The van der Waals surface area contributed by atoms with Crippen molar-refractivity contribution in [2.45, 2.75) is 40.3 Å². The molecule has 0 saturated heterocycles. The second kappa shape index (κ2) is 8.71. The number of aryl methyl sites for hydroxylation is 3. The molecule has 4 aromatic rings. The molecule has 14 heteroatoms. The van der Waals surface area contributed by atoms with Crippen LogP contribution in [0.15, 0.2) is 12.3 Å². The topological polar surface area (TPSA) is 132 Å². The van der Waals surface area contributed by atoms with Crippen molar-refractivity contribution in [1.29, 1.82) is 0 Å². The molecule has 0 aromatic carbocycles. The third kappa shape index (κ3) is 3.98. The Morgan fingerprint density at radius 3 is 2.69 bits per heavy atom. The van der Waals surface area contributed by atoms with Gasteiger partial charge in [0.2, 0.25) is 5.28 Å². The van der Waals surface area contributed by atoms with E-state index in [4.69, 9.17) is 27.9 Å². The van der Waals surface area contributed by atoms with Gasteiger partial charge in [-0.3, -0.25) is 10.1 Å². The Kier molecular flexibility index (Phi) is 5.98. The maximum Gasteiger partial charge on any atom is 0.353 e. The summed E-state index contributed by atoms with van der Waals surface area (Å²) in [6.07, 6.45) is 1.98. The van der Waals surface area contributed by atoms with E-state index in [1.807, 2.05) is 19.9 Å². The molecule has 0 fully saturated rings. The highest BCUT2D eigenvalue weighted by molar-refractivity contribution is 6.34. The summed E-state index contributed by atoms with van der Waals surface area (Å²) in [6.45, 7) is 6.59. The third-order valence-corrected chi connectivity index (χ3v) is 5.26. The fraction of sp³-hybridized carbons (Fsp3) is 0.389. The molecule has 0 aliphatic heterocycles. The van der Waals surface area contributed by atoms with E-state index in [-0.39, 0.29) is 28.6 Å².